The number of aromatic nitrogens is 2. The Morgan fingerprint density at radius 3 is 2.63 bits per heavy atom. The first-order valence-electron chi connectivity index (χ1n) is 15.1. The van der Waals surface area contributed by atoms with Crippen LogP contribution in [0.2, 0.25) is 0 Å². The van der Waals surface area contributed by atoms with Crippen LogP contribution < -0.4 is 10.1 Å². The lowest BCUT2D eigenvalue weighted by molar-refractivity contribution is -0.139. The first-order chi connectivity index (χ1) is 20.9. The second kappa shape index (κ2) is 14.2. The monoisotopic (exact) mass is 590 g/mol. The normalized spacial score (nSPS) is 22.3. The zero-order valence-electron chi connectivity index (χ0n) is 25.0. The Labute approximate surface area is 253 Å². The van der Waals surface area contributed by atoms with E-state index in [2.05, 4.69) is 5.32 Å². The summed E-state index contributed by atoms with van der Waals surface area (Å²) in [7, 11) is 2.99. The molecule has 0 spiro atoms. The van der Waals surface area contributed by atoms with Gasteiger partial charge < -0.3 is 34.1 Å². The van der Waals surface area contributed by atoms with E-state index in [9.17, 15) is 14.7 Å². The summed E-state index contributed by atoms with van der Waals surface area (Å²) < 4.78 is 18.2. The van der Waals surface area contributed by atoms with Crippen LogP contribution in [0.3, 0.4) is 0 Å². The number of esters is 1. The van der Waals surface area contributed by atoms with Gasteiger partial charge in [-0.15, -0.1) is 0 Å². The van der Waals surface area contributed by atoms with Crippen LogP contribution in [0.15, 0.2) is 60.9 Å². The highest BCUT2D eigenvalue weighted by Crippen LogP contribution is 2.41. The molecule has 2 aromatic carbocycles. The minimum atomic E-state index is -1.04. The number of nitrogens with zero attached hydrogens (tertiary/aromatic N) is 3. The molecule has 3 aromatic rings. The van der Waals surface area contributed by atoms with E-state index >= 15 is 0 Å². The number of carbonyl (C=O) groups excluding carboxylic acids is 2. The van der Waals surface area contributed by atoms with Gasteiger partial charge >= 0.3 is 5.97 Å². The van der Waals surface area contributed by atoms with Gasteiger partial charge in [-0.05, 0) is 30.5 Å². The van der Waals surface area contributed by atoms with Crippen molar-refractivity contribution < 1.29 is 28.9 Å². The molecule has 1 aliphatic carbocycles. The number of hydrogen-bond donors (Lipinski definition) is 2. The summed E-state index contributed by atoms with van der Waals surface area (Å²) in [5, 5.41) is 15.1. The van der Waals surface area contributed by atoms with E-state index in [1.807, 2.05) is 64.1 Å². The van der Waals surface area contributed by atoms with Gasteiger partial charge in [-0.1, -0.05) is 55.3 Å². The van der Waals surface area contributed by atoms with Crippen LogP contribution in [0.25, 0.3) is 11.3 Å². The number of methoxy groups -OCH3 is 2. The van der Waals surface area contributed by atoms with Crippen LogP contribution in [-0.4, -0.2) is 90.1 Å². The fourth-order valence-electron chi connectivity index (χ4n) is 6.33. The Morgan fingerprint density at radius 2 is 1.88 bits per heavy atom. The number of carbonyl (C=O) groups is 2. The summed E-state index contributed by atoms with van der Waals surface area (Å²) in [5.41, 5.74) is 1.83. The van der Waals surface area contributed by atoms with Gasteiger partial charge in [0.25, 0.3) is 5.91 Å². The quantitative estimate of drug-likeness (QED) is 0.326. The second-order valence-electron chi connectivity index (χ2n) is 11.4. The van der Waals surface area contributed by atoms with Crippen molar-refractivity contribution in [3.8, 4) is 17.0 Å². The fourth-order valence-corrected chi connectivity index (χ4v) is 6.33. The number of piperazine rings is 1. The SMILES string of the molecule is COC[C@]1(O)CCCC[C@H]1n1cnc(C(=O)N2CCNC[C@H]2CCOc2ccc(CC(=O)OC)cc2)c1-c1ccccc1. The topological polar surface area (TPSA) is 115 Å². The van der Waals surface area contributed by atoms with E-state index in [0.717, 1.165) is 36.1 Å². The maximum atomic E-state index is 14.2. The molecule has 43 heavy (non-hydrogen) atoms. The maximum absolute atomic E-state index is 14.2. The third-order valence-electron chi connectivity index (χ3n) is 8.56. The van der Waals surface area contributed by atoms with Gasteiger partial charge in [0.2, 0.25) is 0 Å². The van der Waals surface area contributed by atoms with Gasteiger partial charge in [0.05, 0.1) is 44.8 Å². The highest BCUT2D eigenvalue weighted by molar-refractivity contribution is 5.98. The number of amides is 1. The number of rotatable bonds is 11. The minimum absolute atomic E-state index is 0.0753. The average molecular weight is 591 g/mol. The van der Waals surface area contributed by atoms with Gasteiger partial charge in [-0.3, -0.25) is 9.59 Å². The van der Waals surface area contributed by atoms with Crippen molar-refractivity contribution >= 4 is 11.9 Å². The van der Waals surface area contributed by atoms with Gasteiger partial charge in [-0.25, -0.2) is 4.98 Å². The minimum Gasteiger partial charge on any atom is -0.494 e. The lowest BCUT2D eigenvalue weighted by Crippen LogP contribution is -2.54. The van der Waals surface area contributed by atoms with Crippen LogP contribution in [-0.2, 0) is 20.7 Å². The van der Waals surface area contributed by atoms with Crippen molar-refractivity contribution in [3.05, 3.63) is 72.2 Å². The number of nitrogens with one attached hydrogen (secondary N) is 1. The zero-order chi connectivity index (χ0) is 30.2. The molecule has 2 N–H and O–H groups in total. The van der Waals surface area contributed by atoms with Gasteiger partial charge in [0, 0.05) is 44.8 Å². The van der Waals surface area contributed by atoms with Crippen LogP contribution in [0.4, 0.5) is 0 Å². The molecule has 230 valence electrons. The summed E-state index contributed by atoms with van der Waals surface area (Å²) >= 11 is 0. The van der Waals surface area contributed by atoms with Gasteiger partial charge in [0.1, 0.15) is 11.4 Å². The summed E-state index contributed by atoms with van der Waals surface area (Å²) in [6, 6.07) is 16.9. The number of imidazole rings is 1. The number of hydrogen-bond acceptors (Lipinski definition) is 8. The van der Waals surface area contributed by atoms with Crippen molar-refractivity contribution in [2.45, 2.75) is 56.2 Å². The molecular weight excluding hydrogens is 548 g/mol. The van der Waals surface area contributed by atoms with E-state index < -0.39 is 5.60 Å². The predicted octanol–water partition coefficient (Wildman–Crippen LogP) is 3.64. The molecule has 0 unspecified atom stereocenters. The molecular formula is C33H42N4O6. The molecule has 2 heterocycles. The first-order valence-corrected chi connectivity index (χ1v) is 15.1. The number of aliphatic hydroxyl groups is 1. The maximum Gasteiger partial charge on any atom is 0.309 e. The third-order valence-corrected chi connectivity index (χ3v) is 8.56. The Kier molecular flexibility index (Phi) is 10.1. The summed E-state index contributed by atoms with van der Waals surface area (Å²) in [4.78, 5) is 32.4. The molecule has 10 heteroatoms. The smallest absolute Gasteiger partial charge is 0.309 e. The van der Waals surface area contributed by atoms with Crippen molar-refractivity contribution in [3.63, 3.8) is 0 Å². The number of ether oxygens (including phenoxy) is 3. The molecule has 2 aliphatic rings. The van der Waals surface area contributed by atoms with E-state index in [1.54, 1.807) is 13.4 Å². The van der Waals surface area contributed by atoms with Crippen LogP contribution >= 0.6 is 0 Å². The highest BCUT2D eigenvalue weighted by Gasteiger charge is 2.42. The van der Waals surface area contributed by atoms with Gasteiger partial charge in [-0.2, -0.15) is 0 Å². The van der Waals surface area contributed by atoms with Crippen LogP contribution in [0.1, 0.15) is 54.2 Å². The third kappa shape index (κ3) is 7.09. The Morgan fingerprint density at radius 1 is 1.09 bits per heavy atom. The van der Waals surface area contributed by atoms with Crippen molar-refractivity contribution in [1.29, 1.82) is 0 Å². The number of benzene rings is 2. The Bertz CT molecular complexity index is 1360. The molecule has 1 amide bonds. The van der Waals surface area contributed by atoms with E-state index in [1.165, 1.54) is 7.11 Å². The van der Waals surface area contributed by atoms with Crippen molar-refractivity contribution in [1.82, 2.24) is 19.8 Å². The molecule has 10 nitrogen and oxygen atoms in total. The Hall–Kier alpha value is -3.73. The predicted molar refractivity (Wildman–Crippen MR) is 162 cm³/mol. The molecule has 1 saturated heterocycles. The van der Waals surface area contributed by atoms with E-state index in [4.69, 9.17) is 19.2 Å². The fraction of sp³-hybridized carbons (Fsp3) is 0.485. The largest absolute Gasteiger partial charge is 0.494 e. The molecule has 1 aromatic heterocycles. The van der Waals surface area contributed by atoms with E-state index in [-0.39, 0.29) is 37.0 Å². The second-order valence-corrected chi connectivity index (χ2v) is 11.4. The Balaban J connectivity index is 1.34. The van der Waals surface area contributed by atoms with Crippen LogP contribution in [0.5, 0.6) is 5.75 Å². The lowest BCUT2D eigenvalue weighted by Gasteiger charge is -2.41. The summed E-state index contributed by atoms with van der Waals surface area (Å²) in [6.45, 7) is 2.57. The average Bonchev–Trinajstić information content (AvgIpc) is 3.47. The molecule has 0 bridgehead atoms. The van der Waals surface area contributed by atoms with E-state index in [0.29, 0.717) is 50.5 Å². The molecule has 0 radical (unpaired) electrons. The standard InChI is InChI=1S/C33H42N4O6/c1-41-22-33(40)16-7-6-10-28(33)37-23-35-30(31(37)25-8-4-3-5-9-25)32(39)36-18-17-34-21-26(36)15-19-43-27-13-11-24(12-14-27)20-29(38)42-2/h3-5,8-9,11-14,23,26,28,34,40H,6-7,10,15-22H2,1-2H3/t26-,28-,33-/m1/s1. The molecule has 2 fully saturated rings. The summed E-state index contributed by atoms with van der Waals surface area (Å²) in [5.74, 6) is 0.298. The molecule has 5 rings (SSSR count). The first kappa shape index (κ1) is 30.7. The zero-order valence-corrected chi connectivity index (χ0v) is 25.0. The molecule has 1 saturated carbocycles. The van der Waals surface area contributed by atoms with Gasteiger partial charge in [0.15, 0.2) is 5.69 Å². The summed E-state index contributed by atoms with van der Waals surface area (Å²) in [6.07, 6.45) is 5.90. The highest BCUT2D eigenvalue weighted by atomic mass is 16.5. The molecule has 1 aliphatic heterocycles. The van der Waals surface area contributed by atoms with Crippen molar-refractivity contribution in [2.75, 3.05) is 47.1 Å². The lowest BCUT2D eigenvalue weighted by atomic mass is 9.80. The molecule has 3 atom stereocenters. The van der Waals surface area contributed by atoms with Crippen molar-refractivity contribution in [2.24, 2.45) is 0 Å². The van der Waals surface area contributed by atoms with Crippen LogP contribution in [0, 0.1) is 0 Å².